The standard InChI is InChI=1S/C20H17N3O2/c1-23-13-17(14-8-4-2-5-9-14)25-20(24)16-12-21-18(22-19(16)23)15-10-6-3-7-11-15/h2-12,17H,13H2,1H3. The quantitative estimate of drug-likeness (QED) is 0.673. The molecule has 25 heavy (non-hydrogen) atoms. The summed E-state index contributed by atoms with van der Waals surface area (Å²) in [6, 6.07) is 19.5. The highest BCUT2D eigenvalue weighted by molar-refractivity contribution is 5.95. The summed E-state index contributed by atoms with van der Waals surface area (Å²) in [5.41, 5.74) is 2.27. The number of esters is 1. The van der Waals surface area contributed by atoms with Gasteiger partial charge in [-0.3, -0.25) is 0 Å². The van der Waals surface area contributed by atoms with Crippen molar-refractivity contribution in [3.63, 3.8) is 0 Å². The first-order valence-corrected chi connectivity index (χ1v) is 8.12. The second kappa shape index (κ2) is 6.36. The molecule has 0 aliphatic carbocycles. The molecule has 0 amide bonds. The van der Waals surface area contributed by atoms with E-state index in [4.69, 9.17) is 4.74 Å². The second-order valence-electron chi connectivity index (χ2n) is 5.98. The lowest BCUT2D eigenvalue weighted by Gasteiger charge is -2.21. The number of anilines is 1. The number of hydrogen-bond donors (Lipinski definition) is 0. The number of rotatable bonds is 2. The Morgan fingerprint density at radius 2 is 1.72 bits per heavy atom. The van der Waals surface area contributed by atoms with Gasteiger partial charge in [0.15, 0.2) is 5.82 Å². The molecule has 1 aliphatic rings. The molecule has 0 spiro atoms. The van der Waals surface area contributed by atoms with Crippen LogP contribution in [0.5, 0.6) is 0 Å². The van der Waals surface area contributed by atoms with E-state index in [1.54, 1.807) is 6.20 Å². The monoisotopic (exact) mass is 331 g/mol. The minimum atomic E-state index is -0.396. The summed E-state index contributed by atoms with van der Waals surface area (Å²) in [4.78, 5) is 23.5. The van der Waals surface area contributed by atoms with Gasteiger partial charge in [0.25, 0.3) is 0 Å². The molecule has 2 aromatic carbocycles. The van der Waals surface area contributed by atoms with Crippen molar-refractivity contribution >= 4 is 11.8 Å². The summed E-state index contributed by atoms with van der Waals surface area (Å²) in [7, 11) is 1.92. The Kier molecular flexibility index (Phi) is 3.90. The molecule has 0 saturated carbocycles. The number of likely N-dealkylation sites (N-methyl/N-ethyl adjacent to an activating group) is 1. The number of hydrogen-bond acceptors (Lipinski definition) is 5. The summed E-state index contributed by atoms with van der Waals surface area (Å²) in [6.07, 6.45) is 1.21. The highest BCUT2D eigenvalue weighted by Gasteiger charge is 2.29. The van der Waals surface area contributed by atoms with Gasteiger partial charge in [-0.2, -0.15) is 0 Å². The summed E-state index contributed by atoms with van der Waals surface area (Å²) in [6.45, 7) is 0.536. The molecule has 1 aromatic heterocycles. The molecular weight excluding hydrogens is 314 g/mol. The number of fused-ring (bicyclic) bond motifs is 1. The number of ether oxygens (including phenoxy) is 1. The van der Waals surface area contributed by atoms with Crippen LogP contribution in [0.1, 0.15) is 22.0 Å². The van der Waals surface area contributed by atoms with Crippen LogP contribution in [0.3, 0.4) is 0 Å². The minimum absolute atomic E-state index is 0.340. The zero-order valence-corrected chi connectivity index (χ0v) is 13.8. The Hall–Kier alpha value is -3.21. The first kappa shape index (κ1) is 15.3. The fraction of sp³-hybridized carbons (Fsp3) is 0.150. The van der Waals surface area contributed by atoms with Gasteiger partial charge in [-0.1, -0.05) is 60.7 Å². The molecule has 1 aliphatic heterocycles. The highest BCUT2D eigenvalue weighted by Crippen LogP contribution is 2.30. The van der Waals surface area contributed by atoms with Crippen LogP contribution in [-0.4, -0.2) is 29.5 Å². The van der Waals surface area contributed by atoms with E-state index >= 15 is 0 Å². The van der Waals surface area contributed by atoms with Crippen molar-refractivity contribution in [2.45, 2.75) is 6.10 Å². The van der Waals surface area contributed by atoms with Crippen molar-refractivity contribution in [3.8, 4) is 11.4 Å². The second-order valence-corrected chi connectivity index (χ2v) is 5.98. The number of carbonyl (C=O) groups excluding carboxylic acids is 1. The fourth-order valence-electron chi connectivity index (χ4n) is 2.94. The van der Waals surface area contributed by atoms with Crippen LogP contribution in [0.2, 0.25) is 0 Å². The fourth-order valence-corrected chi connectivity index (χ4v) is 2.94. The van der Waals surface area contributed by atoms with Crippen LogP contribution < -0.4 is 4.90 Å². The lowest BCUT2D eigenvalue weighted by Crippen LogP contribution is -2.24. The molecule has 0 radical (unpaired) electrons. The van der Waals surface area contributed by atoms with Gasteiger partial charge in [-0.05, 0) is 5.56 Å². The largest absolute Gasteiger partial charge is 0.452 e. The minimum Gasteiger partial charge on any atom is -0.452 e. The van der Waals surface area contributed by atoms with Gasteiger partial charge in [0.2, 0.25) is 0 Å². The predicted molar refractivity (Wildman–Crippen MR) is 95.3 cm³/mol. The SMILES string of the molecule is CN1CC(c2ccccc2)OC(=O)c2cnc(-c3ccccc3)nc21. The van der Waals surface area contributed by atoms with Crippen molar-refractivity contribution in [3.05, 3.63) is 78.0 Å². The van der Waals surface area contributed by atoms with Crippen molar-refractivity contribution < 1.29 is 9.53 Å². The molecule has 3 aromatic rings. The number of cyclic esters (lactones) is 1. The number of nitrogens with zero attached hydrogens (tertiary/aromatic N) is 3. The van der Waals surface area contributed by atoms with Crippen LogP contribution in [0.25, 0.3) is 11.4 Å². The number of aromatic nitrogens is 2. The molecule has 2 heterocycles. The maximum Gasteiger partial charge on any atom is 0.344 e. The van der Waals surface area contributed by atoms with Gasteiger partial charge in [-0.25, -0.2) is 14.8 Å². The maximum absolute atomic E-state index is 12.6. The van der Waals surface area contributed by atoms with E-state index in [0.29, 0.717) is 23.8 Å². The smallest absolute Gasteiger partial charge is 0.344 e. The van der Waals surface area contributed by atoms with Gasteiger partial charge in [0.05, 0.1) is 6.54 Å². The average Bonchev–Trinajstić information content (AvgIpc) is 2.80. The van der Waals surface area contributed by atoms with Crippen LogP contribution in [-0.2, 0) is 4.74 Å². The third-order valence-corrected chi connectivity index (χ3v) is 4.24. The van der Waals surface area contributed by atoms with Crippen molar-refractivity contribution in [1.29, 1.82) is 0 Å². The van der Waals surface area contributed by atoms with Crippen molar-refractivity contribution in [2.75, 3.05) is 18.5 Å². The lowest BCUT2D eigenvalue weighted by atomic mass is 10.1. The third kappa shape index (κ3) is 2.96. The maximum atomic E-state index is 12.6. The Bertz CT molecular complexity index is 897. The van der Waals surface area contributed by atoms with Gasteiger partial charge in [-0.15, -0.1) is 0 Å². The lowest BCUT2D eigenvalue weighted by molar-refractivity contribution is 0.0330. The third-order valence-electron chi connectivity index (χ3n) is 4.24. The molecule has 1 unspecified atom stereocenters. The topological polar surface area (TPSA) is 55.3 Å². The molecule has 4 rings (SSSR count). The van der Waals surface area contributed by atoms with Crippen molar-refractivity contribution in [2.24, 2.45) is 0 Å². The Labute approximate surface area is 145 Å². The number of carbonyl (C=O) groups is 1. The molecular formula is C20H17N3O2. The van der Waals surface area contributed by atoms with E-state index in [9.17, 15) is 4.79 Å². The Morgan fingerprint density at radius 1 is 1.04 bits per heavy atom. The summed E-state index contributed by atoms with van der Waals surface area (Å²) in [5, 5.41) is 0. The van der Waals surface area contributed by atoms with Crippen LogP contribution in [0.15, 0.2) is 66.9 Å². The van der Waals surface area contributed by atoms with E-state index in [1.165, 1.54) is 0 Å². The van der Waals surface area contributed by atoms with Crippen LogP contribution in [0.4, 0.5) is 5.82 Å². The van der Waals surface area contributed by atoms with E-state index < -0.39 is 5.97 Å². The molecule has 5 heteroatoms. The van der Waals surface area contributed by atoms with E-state index in [1.807, 2.05) is 72.6 Å². The molecule has 5 nitrogen and oxygen atoms in total. The van der Waals surface area contributed by atoms with E-state index in [0.717, 1.165) is 11.1 Å². The number of benzene rings is 2. The summed E-state index contributed by atoms with van der Waals surface area (Å²) < 4.78 is 5.68. The van der Waals surface area contributed by atoms with Crippen molar-refractivity contribution in [1.82, 2.24) is 9.97 Å². The predicted octanol–water partition coefficient (Wildman–Crippen LogP) is 3.49. The van der Waals surface area contributed by atoms with Gasteiger partial charge < -0.3 is 9.64 Å². The van der Waals surface area contributed by atoms with Gasteiger partial charge in [0.1, 0.15) is 17.5 Å². The molecule has 0 N–H and O–H groups in total. The molecule has 0 saturated heterocycles. The van der Waals surface area contributed by atoms with Gasteiger partial charge >= 0.3 is 5.97 Å². The van der Waals surface area contributed by atoms with Gasteiger partial charge in [0, 0.05) is 18.8 Å². The summed E-state index contributed by atoms with van der Waals surface area (Å²) >= 11 is 0. The molecule has 0 bridgehead atoms. The molecule has 124 valence electrons. The first-order valence-electron chi connectivity index (χ1n) is 8.12. The highest BCUT2D eigenvalue weighted by atomic mass is 16.5. The van der Waals surface area contributed by atoms with Crippen LogP contribution >= 0.6 is 0 Å². The van der Waals surface area contributed by atoms with Crippen LogP contribution in [0, 0.1) is 0 Å². The Balaban J connectivity index is 1.72. The zero-order chi connectivity index (χ0) is 17.2. The first-order chi connectivity index (χ1) is 12.2. The van der Waals surface area contributed by atoms with E-state index in [-0.39, 0.29) is 6.10 Å². The summed E-state index contributed by atoms with van der Waals surface area (Å²) in [5.74, 6) is 0.794. The molecule has 1 atom stereocenters. The average molecular weight is 331 g/mol. The molecule has 0 fully saturated rings. The zero-order valence-electron chi connectivity index (χ0n) is 13.8. The van der Waals surface area contributed by atoms with E-state index in [2.05, 4.69) is 9.97 Å². The Morgan fingerprint density at radius 3 is 2.44 bits per heavy atom. The normalized spacial score (nSPS) is 16.8.